The molecule has 2 aromatic carbocycles. The molecule has 220 valence electrons. The van der Waals surface area contributed by atoms with Gasteiger partial charge in [-0.1, -0.05) is 12.1 Å². The molecule has 1 atom stereocenters. The lowest BCUT2D eigenvalue weighted by atomic mass is 9.82. The van der Waals surface area contributed by atoms with Crippen LogP contribution in [0.2, 0.25) is 0 Å². The summed E-state index contributed by atoms with van der Waals surface area (Å²) in [6, 6.07) is 11.8. The number of nitrogens with one attached hydrogen (secondary N) is 1. The largest absolute Gasteiger partial charge is 0.496 e. The van der Waals surface area contributed by atoms with Crippen LogP contribution in [0, 0.1) is 6.92 Å². The maximum absolute atomic E-state index is 12.6. The second kappa shape index (κ2) is 11.4. The Morgan fingerprint density at radius 1 is 1.07 bits per heavy atom. The summed E-state index contributed by atoms with van der Waals surface area (Å²) in [5.74, 6) is -1.19. The zero-order chi connectivity index (χ0) is 30.2. The smallest absolute Gasteiger partial charge is 0.390 e. The van der Waals surface area contributed by atoms with Crippen LogP contribution in [0.5, 0.6) is 11.5 Å². The topological polar surface area (TPSA) is 90.9 Å². The Labute approximate surface area is 241 Å². The van der Waals surface area contributed by atoms with E-state index in [4.69, 9.17) is 13.7 Å². The van der Waals surface area contributed by atoms with E-state index in [0.29, 0.717) is 23.2 Å². The molecule has 0 fully saturated rings. The van der Waals surface area contributed by atoms with E-state index in [9.17, 15) is 26.4 Å². The molecule has 1 N–H and O–H groups in total. The Kier molecular flexibility index (Phi) is 8.47. The monoisotopic (exact) mass is 609 g/mol. The Morgan fingerprint density at radius 3 is 2.39 bits per heavy atom. The zero-order valence-corrected chi connectivity index (χ0v) is 24.7. The van der Waals surface area contributed by atoms with Crippen LogP contribution in [0.4, 0.5) is 18.9 Å². The highest BCUT2D eigenvalue weighted by atomic mass is 32.2. The number of allylic oxidation sites excluding steroid dienone is 1. The first-order chi connectivity index (χ1) is 19.1. The van der Waals surface area contributed by atoms with Crippen LogP contribution in [-0.2, 0) is 19.6 Å². The Bertz CT molecular complexity index is 1590. The highest BCUT2D eigenvalue weighted by Crippen LogP contribution is 2.48. The van der Waals surface area contributed by atoms with Gasteiger partial charge in [0.15, 0.2) is 6.10 Å². The van der Waals surface area contributed by atoms with E-state index in [2.05, 4.69) is 11.4 Å². The molecule has 2 heterocycles. The van der Waals surface area contributed by atoms with Gasteiger partial charge in [0.1, 0.15) is 11.5 Å². The minimum absolute atomic E-state index is 0.193. The first-order valence-corrected chi connectivity index (χ1v) is 15.0. The predicted octanol–water partition coefficient (Wildman–Crippen LogP) is 7.26. The molecule has 41 heavy (non-hydrogen) atoms. The summed E-state index contributed by atoms with van der Waals surface area (Å²) in [7, 11) is -3.13. The molecule has 0 saturated carbocycles. The molecule has 7 nitrogen and oxygen atoms in total. The number of benzene rings is 2. The molecule has 3 aromatic rings. The van der Waals surface area contributed by atoms with Gasteiger partial charge in [0.2, 0.25) is 0 Å². The van der Waals surface area contributed by atoms with Crippen molar-refractivity contribution in [2.75, 3.05) is 18.2 Å². The lowest BCUT2D eigenvalue weighted by Crippen LogP contribution is -2.32. The van der Waals surface area contributed by atoms with Gasteiger partial charge in [-0.2, -0.15) is 21.6 Å². The van der Waals surface area contributed by atoms with E-state index in [1.807, 2.05) is 52.0 Å². The molecule has 0 aliphatic carbocycles. The Hall–Kier alpha value is -3.51. The van der Waals surface area contributed by atoms with Gasteiger partial charge < -0.3 is 19.0 Å². The molecule has 4 rings (SSSR count). The number of methoxy groups -OCH3 is 1. The highest BCUT2D eigenvalue weighted by molar-refractivity contribution is 7.87. The van der Waals surface area contributed by atoms with Gasteiger partial charge in [0.25, 0.3) is 6.47 Å². The number of hydrogen-bond donors (Lipinski definition) is 1. The maximum Gasteiger partial charge on any atom is 0.390 e. The van der Waals surface area contributed by atoms with Crippen LogP contribution in [0.15, 0.2) is 48.5 Å². The summed E-state index contributed by atoms with van der Waals surface area (Å²) in [6.07, 6.45) is -4.86. The van der Waals surface area contributed by atoms with Crippen molar-refractivity contribution in [2.45, 2.75) is 51.9 Å². The first-order valence-electron chi connectivity index (χ1n) is 12.6. The molecule has 0 saturated heterocycles. The average Bonchev–Trinajstić information content (AvgIpc) is 3.30. The average molecular weight is 610 g/mol. The predicted molar refractivity (Wildman–Crippen MR) is 153 cm³/mol. The van der Waals surface area contributed by atoms with Crippen molar-refractivity contribution in [3.8, 4) is 22.6 Å². The van der Waals surface area contributed by atoms with E-state index >= 15 is 0 Å². The standard InChI is InChI=1S/C29H30F3NO6S2/c1-17-15-28(3,4)33-22-10-9-21(26(25(17)22)27(38-16-34)24-11-6-18(2)40-24)20-8-7-19(14-23(20)37-5)39-41(35,36)13-12-29(30,31)32/h6-11,14-16,27,33H,12-13H2,1-5H3. The summed E-state index contributed by atoms with van der Waals surface area (Å²) in [5.41, 5.74) is 4.20. The maximum atomic E-state index is 12.6. The summed E-state index contributed by atoms with van der Waals surface area (Å²) in [5, 5.41) is 3.51. The van der Waals surface area contributed by atoms with Crippen molar-refractivity contribution < 1.29 is 40.0 Å². The number of hydrogen-bond acceptors (Lipinski definition) is 8. The number of anilines is 1. The number of alkyl halides is 3. The Balaban J connectivity index is 1.88. The van der Waals surface area contributed by atoms with Gasteiger partial charge >= 0.3 is 16.3 Å². The van der Waals surface area contributed by atoms with Gasteiger partial charge in [-0.25, -0.2) is 0 Å². The second-order valence-electron chi connectivity index (χ2n) is 10.3. The number of thiophene rings is 1. The summed E-state index contributed by atoms with van der Waals surface area (Å²) >= 11 is 1.49. The minimum Gasteiger partial charge on any atom is -0.496 e. The van der Waals surface area contributed by atoms with Gasteiger partial charge in [-0.15, -0.1) is 11.3 Å². The molecular formula is C29H30F3NO6S2. The summed E-state index contributed by atoms with van der Waals surface area (Å²) < 4.78 is 78.4. The van der Waals surface area contributed by atoms with Crippen LogP contribution in [0.3, 0.4) is 0 Å². The molecule has 0 radical (unpaired) electrons. The van der Waals surface area contributed by atoms with Crippen molar-refractivity contribution in [3.63, 3.8) is 0 Å². The van der Waals surface area contributed by atoms with E-state index in [1.165, 1.54) is 30.6 Å². The molecule has 0 bridgehead atoms. The summed E-state index contributed by atoms with van der Waals surface area (Å²) in [4.78, 5) is 13.6. The van der Waals surface area contributed by atoms with Gasteiger partial charge in [0.05, 0.1) is 24.8 Å². The third kappa shape index (κ3) is 7.05. The lowest BCUT2D eigenvalue weighted by molar-refractivity contribution is -0.132. The fourth-order valence-corrected chi connectivity index (χ4v) is 6.84. The van der Waals surface area contributed by atoms with Crippen molar-refractivity contribution in [1.82, 2.24) is 0 Å². The first kappa shape index (κ1) is 30.4. The van der Waals surface area contributed by atoms with Gasteiger partial charge in [-0.3, -0.25) is 4.79 Å². The number of rotatable bonds is 10. The summed E-state index contributed by atoms with van der Waals surface area (Å²) in [6.45, 7) is 8.42. The Morgan fingerprint density at radius 2 is 1.78 bits per heavy atom. The SMILES string of the molecule is COc1cc(OS(=O)(=O)CCC(F)(F)F)ccc1-c1ccc2c(c1C(OC=O)c1ccc(C)s1)C(C)=CC(C)(C)N2. The number of carbonyl (C=O) groups excluding carboxylic acids is 1. The van der Waals surface area contributed by atoms with E-state index < -0.39 is 34.6 Å². The van der Waals surface area contributed by atoms with Gasteiger partial charge in [-0.05, 0) is 69.2 Å². The number of carbonyl (C=O) groups is 1. The molecular weight excluding hydrogens is 579 g/mol. The van der Waals surface area contributed by atoms with Crippen molar-refractivity contribution >= 4 is 39.2 Å². The minimum atomic E-state index is -4.64. The zero-order valence-electron chi connectivity index (χ0n) is 23.1. The quantitative estimate of drug-likeness (QED) is 0.191. The van der Waals surface area contributed by atoms with E-state index in [0.717, 1.165) is 26.6 Å². The van der Waals surface area contributed by atoms with Crippen LogP contribution < -0.4 is 14.2 Å². The molecule has 1 aromatic heterocycles. The van der Waals surface area contributed by atoms with Crippen LogP contribution in [0.25, 0.3) is 16.7 Å². The van der Waals surface area contributed by atoms with Crippen molar-refractivity contribution in [1.29, 1.82) is 0 Å². The molecule has 1 unspecified atom stereocenters. The van der Waals surface area contributed by atoms with E-state index in [1.54, 1.807) is 6.07 Å². The van der Waals surface area contributed by atoms with Crippen molar-refractivity contribution in [2.24, 2.45) is 0 Å². The normalized spacial score (nSPS) is 15.3. The number of fused-ring (bicyclic) bond motifs is 1. The van der Waals surface area contributed by atoms with Crippen LogP contribution in [-0.4, -0.2) is 39.5 Å². The number of aryl methyl sites for hydroxylation is 1. The number of halogens is 3. The van der Waals surface area contributed by atoms with Crippen LogP contribution in [0.1, 0.15) is 54.2 Å². The molecule has 0 amide bonds. The molecule has 1 aliphatic rings. The second-order valence-corrected chi connectivity index (χ2v) is 13.3. The molecule has 12 heteroatoms. The fourth-order valence-electron chi connectivity index (χ4n) is 4.95. The fraction of sp³-hybridized carbons (Fsp3) is 0.345. The number of ether oxygens (including phenoxy) is 2. The van der Waals surface area contributed by atoms with Crippen molar-refractivity contribution in [3.05, 3.63) is 69.4 Å². The van der Waals surface area contributed by atoms with E-state index in [-0.39, 0.29) is 17.0 Å². The highest BCUT2D eigenvalue weighted by Gasteiger charge is 2.33. The third-order valence-corrected chi connectivity index (χ3v) is 8.66. The molecule has 1 aliphatic heterocycles. The van der Waals surface area contributed by atoms with Gasteiger partial charge in [0, 0.05) is 38.2 Å². The molecule has 0 spiro atoms. The third-order valence-electron chi connectivity index (χ3n) is 6.47. The van der Waals surface area contributed by atoms with Crippen LogP contribution >= 0.6 is 11.3 Å². The lowest BCUT2D eigenvalue weighted by Gasteiger charge is -2.34.